The van der Waals surface area contributed by atoms with Crippen LogP contribution in [0.1, 0.15) is 22.3 Å². The van der Waals surface area contributed by atoms with Gasteiger partial charge in [-0.1, -0.05) is 71.9 Å². The zero-order valence-corrected chi connectivity index (χ0v) is 27.4. The molecule has 49 heavy (non-hydrogen) atoms. The Bertz CT molecular complexity index is 2000. The second-order valence-electron chi connectivity index (χ2n) is 11.4. The summed E-state index contributed by atoms with van der Waals surface area (Å²) in [5, 5.41) is 15.2. The van der Waals surface area contributed by atoms with Crippen molar-refractivity contribution in [2.45, 2.75) is 31.8 Å². The van der Waals surface area contributed by atoms with Gasteiger partial charge in [0.05, 0.1) is 29.4 Å². The highest BCUT2D eigenvalue weighted by Gasteiger charge is 2.52. The number of fused-ring (bicyclic) bond motifs is 2. The van der Waals surface area contributed by atoms with Gasteiger partial charge in [-0.2, -0.15) is 10.3 Å². The summed E-state index contributed by atoms with van der Waals surface area (Å²) >= 11 is 1.36. The maximum absolute atomic E-state index is 14.2. The van der Waals surface area contributed by atoms with E-state index in [9.17, 15) is 24.4 Å². The van der Waals surface area contributed by atoms with Gasteiger partial charge in [-0.3, -0.25) is 9.59 Å². The van der Waals surface area contributed by atoms with Crippen molar-refractivity contribution in [2.75, 3.05) is 32.4 Å². The van der Waals surface area contributed by atoms with E-state index >= 15 is 0 Å². The minimum atomic E-state index is -0.894. The highest BCUT2D eigenvalue weighted by Crippen LogP contribution is 2.32. The number of nitrogens with two attached hydrogens (primary N) is 1. The van der Waals surface area contributed by atoms with Crippen LogP contribution in [0.5, 0.6) is 0 Å². The van der Waals surface area contributed by atoms with Crippen molar-refractivity contribution in [2.24, 2.45) is 0 Å². The summed E-state index contributed by atoms with van der Waals surface area (Å²) in [5.74, 6) is 4.06. The van der Waals surface area contributed by atoms with Gasteiger partial charge in [-0.15, -0.1) is 0 Å². The first-order valence-corrected chi connectivity index (χ1v) is 16.3. The van der Waals surface area contributed by atoms with E-state index in [1.54, 1.807) is 34.2 Å². The number of aromatic nitrogens is 1. The number of nitriles is 1. The number of hydrazine groups is 1. The van der Waals surface area contributed by atoms with E-state index in [2.05, 4.69) is 22.1 Å². The van der Waals surface area contributed by atoms with Crippen LogP contribution in [0.15, 0.2) is 72.8 Å². The molecule has 2 atom stereocenters. The first-order chi connectivity index (χ1) is 23.7. The molecular weight excluding hydrogens is 645 g/mol. The van der Waals surface area contributed by atoms with Crippen LogP contribution in [0.4, 0.5) is 9.93 Å². The molecule has 4 amide bonds. The third-order valence-electron chi connectivity index (χ3n) is 8.33. The Labute approximate surface area is 286 Å². The number of amides is 4. The predicted molar refractivity (Wildman–Crippen MR) is 181 cm³/mol. The van der Waals surface area contributed by atoms with Crippen LogP contribution in [0, 0.1) is 23.2 Å². The minimum Gasteiger partial charge on any atom is -0.451 e. The maximum Gasteiger partial charge on any atom is 0.385 e. The largest absolute Gasteiger partial charge is 0.451 e. The molecule has 0 bridgehead atoms. The SMILES string of the molecule is CNC(=O)N(CC#N)N1CC(=O)N2[C@@H](Cc3ccc(C#CC(=O)OCc4ccccc4)cc3)C(=O)N(Cc3cccc4sc(N)nc34)C[C@@H]21. The van der Waals surface area contributed by atoms with E-state index in [1.165, 1.54) is 28.3 Å². The van der Waals surface area contributed by atoms with E-state index in [0.29, 0.717) is 16.2 Å². The first-order valence-electron chi connectivity index (χ1n) is 15.4. The van der Waals surface area contributed by atoms with E-state index < -0.39 is 24.2 Å². The first kappa shape index (κ1) is 33.0. The molecule has 2 saturated heterocycles. The number of thiazole rings is 1. The molecule has 3 heterocycles. The average molecular weight is 677 g/mol. The maximum atomic E-state index is 14.2. The second kappa shape index (κ2) is 14.4. The van der Waals surface area contributed by atoms with Crippen molar-refractivity contribution < 1.29 is 23.9 Å². The van der Waals surface area contributed by atoms with Crippen LogP contribution in [0.25, 0.3) is 10.2 Å². The van der Waals surface area contributed by atoms with Crippen molar-refractivity contribution in [1.82, 2.24) is 30.1 Å². The number of hydrogen-bond donors (Lipinski definition) is 2. The van der Waals surface area contributed by atoms with Crippen LogP contribution in [0.2, 0.25) is 0 Å². The summed E-state index contributed by atoms with van der Waals surface area (Å²) in [6, 6.07) is 22.6. The Morgan fingerprint density at radius 1 is 1.08 bits per heavy atom. The lowest BCUT2D eigenvalue weighted by molar-refractivity contribution is -0.157. The van der Waals surface area contributed by atoms with Gasteiger partial charge in [-0.05, 0) is 34.9 Å². The summed E-state index contributed by atoms with van der Waals surface area (Å²) in [6.45, 7) is -0.0297. The Balaban J connectivity index is 1.24. The number of carbonyl (C=O) groups is 4. The molecule has 2 fully saturated rings. The van der Waals surface area contributed by atoms with Crippen molar-refractivity contribution >= 4 is 50.5 Å². The number of carbonyl (C=O) groups excluding carboxylic acids is 4. The number of benzene rings is 3. The molecule has 0 unspecified atom stereocenters. The molecule has 0 saturated carbocycles. The van der Waals surface area contributed by atoms with Crippen molar-refractivity contribution in [3.63, 3.8) is 0 Å². The van der Waals surface area contributed by atoms with Crippen molar-refractivity contribution in [3.05, 3.63) is 95.1 Å². The quantitative estimate of drug-likeness (QED) is 0.162. The molecule has 2 aliphatic rings. The van der Waals surface area contributed by atoms with Gasteiger partial charge >= 0.3 is 12.0 Å². The van der Waals surface area contributed by atoms with Crippen LogP contribution in [-0.4, -0.2) is 87.5 Å². The Morgan fingerprint density at radius 3 is 2.59 bits per heavy atom. The van der Waals surface area contributed by atoms with Crippen molar-refractivity contribution in [3.8, 4) is 17.9 Å². The number of piperazine rings is 1. The highest BCUT2D eigenvalue weighted by molar-refractivity contribution is 7.22. The lowest BCUT2D eigenvalue weighted by Gasteiger charge is -2.46. The van der Waals surface area contributed by atoms with Crippen LogP contribution < -0.4 is 11.1 Å². The lowest BCUT2D eigenvalue weighted by atomic mass is 9.99. The van der Waals surface area contributed by atoms with Crippen molar-refractivity contribution in [1.29, 1.82) is 5.26 Å². The number of para-hydroxylation sites is 1. The molecule has 1 aromatic heterocycles. The molecule has 0 radical (unpaired) electrons. The van der Waals surface area contributed by atoms with E-state index in [1.807, 2.05) is 54.6 Å². The second-order valence-corrected chi connectivity index (χ2v) is 12.5. The Kier molecular flexibility index (Phi) is 9.71. The molecule has 14 heteroatoms. The van der Waals surface area contributed by atoms with Crippen LogP contribution >= 0.6 is 11.3 Å². The van der Waals surface area contributed by atoms with Gasteiger partial charge in [-0.25, -0.2) is 19.6 Å². The fraction of sp³-hybridized carbons (Fsp3) is 0.257. The summed E-state index contributed by atoms with van der Waals surface area (Å²) < 4.78 is 6.12. The standard InChI is InChI=1S/C35H32N8O5S/c1-38-35(47)41(17-16-36)42-21-30(44)43-27(33(46)40(20-29(42)43)19-26-8-5-9-28-32(26)39-34(37)49-28)18-24-12-10-23(11-13-24)14-15-31(45)48-22-25-6-3-2-4-7-25/h2-13,27,29H,17-22H2,1H3,(H2,37,39)(H,38,47)/t27-,29+/m0/s1. The zero-order chi connectivity index (χ0) is 34.5. The molecule has 2 aliphatic heterocycles. The van der Waals surface area contributed by atoms with E-state index in [4.69, 9.17) is 10.5 Å². The average Bonchev–Trinajstić information content (AvgIpc) is 3.66. The smallest absolute Gasteiger partial charge is 0.385 e. The van der Waals surface area contributed by atoms with E-state index in [0.717, 1.165) is 21.4 Å². The van der Waals surface area contributed by atoms with Gasteiger partial charge in [0.1, 0.15) is 25.4 Å². The van der Waals surface area contributed by atoms with Gasteiger partial charge < -0.3 is 25.6 Å². The summed E-state index contributed by atoms with van der Waals surface area (Å²) in [5.41, 5.74) is 9.68. The minimum absolute atomic E-state index is 0.102. The number of hydrogen-bond acceptors (Lipinski definition) is 10. The third kappa shape index (κ3) is 7.16. The summed E-state index contributed by atoms with van der Waals surface area (Å²) in [7, 11) is 1.45. The summed E-state index contributed by atoms with van der Waals surface area (Å²) in [4.78, 5) is 60.4. The third-order valence-corrected chi connectivity index (χ3v) is 9.18. The number of esters is 1. The fourth-order valence-electron chi connectivity index (χ4n) is 6.05. The molecule has 3 N–H and O–H groups in total. The lowest BCUT2D eigenvalue weighted by Crippen LogP contribution is -2.66. The van der Waals surface area contributed by atoms with Gasteiger partial charge in [0.2, 0.25) is 11.8 Å². The molecule has 0 spiro atoms. The molecule has 13 nitrogen and oxygen atoms in total. The van der Waals surface area contributed by atoms with Gasteiger partial charge in [0, 0.05) is 31.5 Å². The van der Waals surface area contributed by atoms with Crippen LogP contribution in [0.3, 0.4) is 0 Å². The fourth-order valence-corrected chi connectivity index (χ4v) is 6.83. The topological polar surface area (TPSA) is 165 Å². The molecule has 0 aliphatic carbocycles. The molecule has 3 aromatic carbocycles. The zero-order valence-electron chi connectivity index (χ0n) is 26.5. The van der Waals surface area contributed by atoms with Gasteiger partial charge in [0.15, 0.2) is 5.13 Å². The summed E-state index contributed by atoms with van der Waals surface area (Å²) in [6.07, 6.45) is -0.516. The molecule has 248 valence electrons. The number of ether oxygens (including phenoxy) is 1. The molecule has 4 aromatic rings. The van der Waals surface area contributed by atoms with Gasteiger partial charge in [0.25, 0.3) is 0 Å². The number of urea groups is 1. The predicted octanol–water partition coefficient (Wildman–Crippen LogP) is 2.48. The monoisotopic (exact) mass is 676 g/mol. The molecular formula is C35H32N8O5S. The van der Waals surface area contributed by atoms with E-state index in [-0.39, 0.29) is 51.0 Å². The number of nitrogen functional groups attached to an aromatic ring is 1. The Morgan fingerprint density at radius 2 is 1.86 bits per heavy atom. The highest BCUT2D eigenvalue weighted by atomic mass is 32.1. The number of rotatable bonds is 8. The number of nitrogens with one attached hydrogen (secondary N) is 1. The number of anilines is 1. The van der Waals surface area contributed by atoms with Crippen LogP contribution in [-0.2, 0) is 38.7 Å². The Hall–Kier alpha value is -5.96. The molecule has 6 rings (SSSR count). The number of nitrogens with zero attached hydrogens (tertiary/aromatic N) is 6. The normalized spacial score (nSPS) is 17.2.